The number of halogens is 1. The molecule has 0 fully saturated rings. The average Bonchev–Trinajstić information content (AvgIpc) is 2.91. The molecule has 0 saturated carbocycles. The molecule has 8 heteroatoms. The van der Waals surface area contributed by atoms with E-state index in [2.05, 4.69) is 5.32 Å². The number of nitrogens with zero attached hydrogens (tertiary/aromatic N) is 1. The van der Waals surface area contributed by atoms with Crippen molar-refractivity contribution in [2.75, 3.05) is 17.3 Å². The van der Waals surface area contributed by atoms with Crippen molar-refractivity contribution in [1.29, 1.82) is 0 Å². The quantitative estimate of drug-likeness (QED) is 0.573. The first-order valence-electron chi connectivity index (χ1n) is 8.83. The zero-order valence-corrected chi connectivity index (χ0v) is 16.8. The summed E-state index contributed by atoms with van der Waals surface area (Å²) in [7, 11) is 1.52. The van der Waals surface area contributed by atoms with E-state index in [0.29, 0.717) is 11.4 Å². The van der Waals surface area contributed by atoms with Crippen LogP contribution in [0, 0.1) is 0 Å². The molecule has 0 spiro atoms. The van der Waals surface area contributed by atoms with E-state index < -0.39 is 17.8 Å². The Hall–Kier alpha value is -3.32. The van der Waals surface area contributed by atoms with Crippen LogP contribution in [0.3, 0.4) is 0 Å². The van der Waals surface area contributed by atoms with Gasteiger partial charge in [0.1, 0.15) is 16.5 Å². The third kappa shape index (κ3) is 4.09. The number of methoxy groups -OCH3 is 1. The summed E-state index contributed by atoms with van der Waals surface area (Å²) in [6, 6.07) is 13.0. The van der Waals surface area contributed by atoms with Crippen molar-refractivity contribution < 1.29 is 23.9 Å². The molecule has 0 saturated heterocycles. The van der Waals surface area contributed by atoms with E-state index in [1.165, 1.54) is 19.2 Å². The van der Waals surface area contributed by atoms with Gasteiger partial charge in [0.2, 0.25) is 0 Å². The normalized spacial score (nSPS) is 13.9. The molecule has 1 aliphatic rings. The minimum absolute atomic E-state index is 0.0862. The van der Waals surface area contributed by atoms with Crippen LogP contribution in [0.15, 0.2) is 59.3 Å². The topological polar surface area (TPSA) is 84.9 Å². The number of carbonyl (C=O) groups is 3. The van der Waals surface area contributed by atoms with Crippen molar-refractivity contribution >= 4 is 40.8 Å². The molecule has 0 atom stereocenters. The van der Waals surface area contributed by atoms with Gasteiger partial charge in [0.15, 0.2) is 0 Å². The summed E-state index contributed by atoms with van der Waals surface area (Å²) in [5.74, 6) is -1.47. The predicted molar refractivity (Wildman–Crippen MR) is 109 cm³/mol. The number of esters is 1. The minimum Gasteiger partial charge on any atom is -0.497 e. The molecule has 2 amide bonds. The summed E-state index contributed by atoms with van der Waals surface area (Å²) >= 11 is 6.17. The summed E-state index contributed by atoms with van der Waals surface area (Å²) in [6.45, 7) is 3.42. The molecule has 2 aromatic carbocycles. The number of para-hydroxylation sites is 1. The van der Waals surface area contributed by atoms with Gasteiger partial charge >= 0.3 is 5.97 Å². The van der Waals surface area contributed by atoms with Crippen molar-refractivity contribution in [3.63, 3.8) is 0 Å². The highest BCUT2D eigenvalue weighted by molar-refractivity contribution is 6.53. The van der Waals surface area contributed by atoms with E-state index in [4.69, 9.17) is 21.1 Å². The van der Waals surface area contributed by atoms with Gasteiger partial charge in [-0.15, -0.1) is 0 Å². The van der Waals surface area contributed by atoms with Crippen molar-refractivity contribution in [2.45, 2.75) is 20.0 Å². The summed E-state index contributed by atoms with van der Waals surface area (Å²) in [5.41, 5.74) is 0.633. The molecule has 7 nitrogen and oxygen atoms in total. The fourth-order valence-electron chi connectivity index (χ4n) is 2.79. The van der Waals surface area contributed by atoms with Gasteiger partial charge in [-0.05, 0) is 38.1 Å². The molecule has 3 rings (SSSR count). The zero-order valence-electron chi connectivity index (χ0n) is 16.1. The SMILES string of the molecule is COc1cccc(NC2=C(Cl)C(=O)N(c3ccccc3C(=O)OC(C)C)C2=O)c1. The van der Waals surface area contributed by atoms with Crippen LogP contribution in [-0.2, 0) is 14.3 Å². The molecule has 0 radical (unpaired) electrons. The molecule has 0 aliphatic carbocycles. The van der Waals surface area contributed by atoms with Crippen molar-refractivity contribution in [3.8, 4) is 5.75 Å². The van der Waals surface area contributed by atoms with Gasteiger partial charge < -0.3 is 14.8 Å². The first-order valence-corrected chi connectivity index (χ1v) is 9.21. The molecule has 1 N–H and O–H groups in total. The molecule has 29 heavy (non-hydrogen) atoms. The maximum absolute atomic E-state index is 13.0. The molecular formula is C21H19ClN2O5. The Morgan fingerprint density at radius 3 is 2.48 bits per heavy atom. The Morgan fingerprint density at radius 2 is 1.79 bits per heavy atom. The lowest BCUT2D eigenvalue weighted by atomic mass is 10.1. The molecule has 1 aliphatic heterocycles. The van der Waals surface area contributed by atoms with Crippen molar-refractivity contribution in [3.05, 3.63) is 64.8 Å². The lowest BCUT2D eigenvalue weighted by Crippen LogP contribution is -2.33. The van der Waals surface area contributed by atoms with Gasteiger partial charge in [0.05, 0.1) is 24.5 Å². The molecule has 1 heterocycles. The molecule has 2 aromatic rings. The second-order valence-corrected chi connectivity index (χ2v) is 6.84. The van der Waals surface area contributed by atoms with E-state index in [1.807, 2.05) is 0 Å². The van der Waals surface area contributed by atoms with Crippen LogP contribution in [0.5, 0.6) is 5.75 Å². The summed E-state index contributed by atoms with van der Waals surface area (Å²) in [5, 5.41) is 2.59. The number of hydrogen-bond acceptors (Lipinski definition) is 6. The third-order valence-electron chi connectivity index (χ3n) is 4.07. The number of benzene rings is 2. The van der Waals surface area contributed by atoms with E-state index in [9.17, 15) is 14.4 Å². The Kier molecular flexibility index (Phi) is 5.89. The molecule has 0 unspecified atom stereocenters. The Balaban J connectivity index is 1.94. The van der Waals surface area contributed by atoms with E-state index in [0.717, 1.165) is 4.90 Å². The lowest BCUT2D eigenvalue weighted by Gasteiger charge is -2.19. The average molecular weight is 415 g/mol. The minimum atomic E-state index is -0.730. The summed E-state index contributed by atoms with van der Waals surface area (Å²) in [6.07, 6.45) is -0.354. The van der Waals surface area contributed by atoms with E-state index in [1.54, 1.807) is 50.2 Å². The van der Waals surface area contributed by atoms with Gasteiger partial charge in [-0.1, -0.05) is 29.8 Å². The summed E-state index contributed by atoms with van der Waals surface area (Å²) < 4.78 is 10.4. The number of anilines is 2. The Labute approximate surface area is 172 Å². The predicted octanol–water partition coefficient (Wildman–Crippen LogP) is 3.70. The number of rotatable bonds is 6. The second-order valence-electron chi connectivity index (χ2n) is 6.46. The first-order chi connectivity index (χ1) is 13.8. The summed E-state index contributed by atoms with van der Waals surface area (Å²) in [4.78, 5) is 39.0. The first kappa shape index (κ1) is 20.4. The second kappa shape index (κ2) is 8.36. The number of ether oxygens (including phenoxy) is 2. The van der Waals surface area contributed by atoms with Crippen LogP contribution < -0.4 is 15.0 Å². The Bertz CT molecular complexity index is 1020. The third-order valence-corrected chi connectivity index (χ3v) is 4.42. The largest absolute Gasteiger partial charge is 0.497 e. The number of nitrogens with one attached hydrogen (secondary N) is 1. The molecular weight excluding hydrogens is 396 g/mol. The van der Waals surface area contributed by atoms with Crippen molar-refractivity contribution in [2.24, 2.45) is 0 Å². The monoisotopic (exact) mass is 414 g/mol. The van der Waals surface area contributed by atoms with Gasteiger partial charge in [-0.2, -0.15) is 0 Å². The van der Waals surface area contributed by atoms with Crippen LogP contribution in [0.1, 0.15) is 24.2 Å². The van der Waals surface area contributed by atoms with Crippen LogP contribution in [0.4, 0.5) is 11.4 Å². The highest BCUT2D eigenvalue weighted by Gasteiger charge is 2.40. The molecule has 0 bridgehead atoms. The number of carbonyl (C=O) groups excluding carboxylic acids is 3. The highest BCUT2D eigenvalue weighted by Crippen LogP contribution is 2.33. The van der Waals surface area contributed by atoms with Gasteiger partial charge in [0, 0.05) is 11.8 Å². The van der Waals surface area contributed by atoms with Gasteiger partial charge in [0.25, 0.3) is 11.8 Å². The number of imide groups is 1. The Morgan fingerprint density at radius 1 is 1.07 bits per heavy atom. The smallest absolute Gasteiger partial charge is 0.340 e. The number of amides is 2. The van der Waals surface area contributed by atoms with E-state index >= 15 is 0 Å². The van der Waals surface area contributed by atoms with Gasteiger partial charge in [-0.3, -0.25) is 9.59 Å². The standard InChI is InChI=1S/C21H19ClN2O5/c1-12(2)29-21(27)15-9-4-5-10-16(15)24-19(25)17(22)18(20(24)26)23-13-7-6-8-14(11-13)28-3/h4-12,23H,1-3H3. The number of hydrogen-bond donors (Lipinski definition) is 1. The van der Waals surface area contributed by atoms with Crippen LogP contribution in [0.25, 0.3) is 0 Å². The molecule has 0 aromatic heterocycles. The van der Waals surface area contributed by atoms with Crippen LogP contribution in [0.2, 0.25) is 0 Å². The zero-order chi connectivity index (χ0) is 21.1. The fraction of sp³-hybridized carbons (Fsp3) is 0.190. The van der Waals surface area contributed by atoms with Crippen LogP contribution in [-0.4, -0.2) is 31.0 Å². The van der Waals surface area contributed by atoms with Gasteiger partial charge in [-0.25, -0.2) is 9.69 Å². The van der Waals surface area contributed by atoms with Crippen LogP contribution >= 0.6 is 11.6 Å². The maximum Gasteiger partial charge on any atom is 0.340 e. The van der Waals surface area contributed by atoms with Crippen molar-refractivity contribution in [1.82, 2.24) is 0 Å². The van der Waals surface area contributed by atoms with E-state index in [-0.39, 0.29) is 28.1 Å². The molecule has 150 valence electrons. The highest BCUT2D eigenvalue weighted by atomic mass is 35.5. The fourth-order valence-corrected chi connectivity index (χ4v) is 3.01. The maximum atomic E-state index is 13.0. The lowest BCUT2D eigenvalue weighted by molar-refractivity contribution is -0.120.